The molecule has 0 spiro atoms. The van der Waals surface area contributed by atoms with E-state index in [9.17, 15) is 14.3 Å². The molecule has 0 saturated heterocycles. The average Bonchev–Trinajstić information content (AvgIpc) is 2.72. The van der Waals surface area contributed by atoms with E-state index in [-0.39, 0.29) is 25.8 Å². The van der Waals surface area contributed by atoms with E-state index in [1.165, 1.54) is 25.7 Å². The van der Waals surface area contributed by atoms with Crippen LogP contribution in [0.2, 0.25) is 0 Å². The third-order valence-electron chi connectivity index (χ3n) is 5.17. The number of hydrogen-bond acceptors (Lipinski definition) is 6. The van der Waals surface area contributed by atoms with Crippen molar-refractivity contribution < 1.29 is 37.3 Å². The van der Waals surface area contributed by atoms with Gasteiger partial charge in [-0.15, -0.1) is 0 Å². The van der Waals surface area contributed by atoms with Crippen molar-refractivity contribution in [2.24, 2.45) is 0 Å². The van der Waals surface area contributed by atoms with Gasteiger partial charge >= 0.3 is 13.8 Å². The summed E-state index contributed by atoms with van der Waals surface area (Å²) >= 11 is 0. The van der Waals surface area contributed by atoms with E-state index in [0.717, 1.165) is 44.9 Å². The zero-order chi connectivity index (χ0) is 25.0. The molecular weight excluding hydrogens is 445 g/mol. The molecule has 0 aromatic rings. The second-order valence-electron chi connectivity index (χ2n) is 9.73. The van der Waals surface area contributed by atoms with Crippen molar-refractivity contribution >= 4 is 13.8 Å². The van der Waals surface area contributed by atoms with Gasteiger partial charge in [-0.25, -0.2) is 4.57 Å². The molecule has 0 amide bonds. The number of phosphoric acid groups is 1. The lowest BCUT2D eigenvalue weighted by atomic mass is 10.1. The molecule has 0 aliphatic carbocycles. The van der Waals surface area contributed by atoms with E-state index in [1.54, 1.807) is 0 Å². The first-order chi connectivity index (χ1) is 15.6. The summed E-state index contributed by atoms with van der Waals surface area (Å²) in [5.41, 5.74) is 0. The molecule has 9 heteroatoms. The van der Waals surface area contributed by atoms with Crippen LogP contribution in [-0.4, -0.2) is 75.6 Å². The number of quaternary nitrogens is 1. The van der Waals surface area contributed by atoms with E-state index in [2.05, 4.69) is 13.8 Å². The Bertz CT molecular complexity index is 525. The maximum absolute atomic E-state index is 12.2. The Labute approximate surface area is 202 Å². The Balaban J connectivity index is 4.45. The lowest BCUT2D eigenvalue weighted by Crippen LogP contribution is -2.37. The van der Waals surface area contributed by atoms with Crippen molar-refractivity contribution in [2.45, 2.75) is 97.0 Å². The van der Waals surface area contributed by atoms with Gasteiger partial charge in [0, 0.05) is 13.0 Å². The summed E-state index contributed by atoms with van der Waals surface area (Å²) in [5, 5.41) is 0. The summed E-state index contributed by atoms with van der Waals surface area (Å²) in [6.07, 6.45) is 11.7. The van der Waals surface area contributed by atoms with Crippen molar-refractivity contribution in [2.75, 3.05) is 54.1 Å². The number of carbonyl (C=O) groups excluding carboxylic acids is 1. The van der Waals surface area contributed by atoms with E-state index in [0.29, 0.717) is 24.1 Å². The molecule has 0 radical (unpaired) electrons. The van der Waals surface area contributed by atoms with Crippen LogP contribution in [0.4, 0.5) is 0 Å². The molecule has 198 valence electrons. The molecule has 2 atom stereocenters. The molecule has 0 rings (SSSR count). The maximum Gasteiger partial charge on any atom is 0.472 e. The summed E-state index contributed by atoms with van der Waals surface area (Å²) in [4.78, 5) is 22.2. The molecule has 0 aromatic carbocycles. The summed E-state index contributed by atoms with van der Waals surface area (Å²) < 4.78 is 34.1. The van der Waals surface area contributed by atoms with Crippen molar-refractivity contribution in [3.63, 3.8) is 0 Å². The maximum atomic E-state index is 12.2. The first-order valence-electron chi connectivity index (χ1n) is 12.8. The molecule has 0 saturated carbocycles. The van der Waals surface area contributed by atoms with Crippen LogP contribution in [0, 0.1) is 0 Å². The topological polar surface area (TPSA) is 91.3 Å². The van der Waals surface area contributed by atoms with Crippen molar-refractivity contribution in [3.05, 3.63) is 0 Å². The molecular formula is C24H51NO7P+. The molecule has 8 nitrogen and oxygen atoms in total. The van der Waals surface area contributed by atoms with Crippen LogP contribution in [0.15, 0.2) is 0 Å². The number of hydrogen-bond donors (Lipinski definition) is 1. The highest BCUT2D eigenvalue weighted by Gasteiger charge is 2.26. The number of likely N-dealkylation sites (N-methyl/N-ethyl adjacent to an activating group) is 1. The molecule has 0 fully saturated rings. The highest BCUT2D eigenvalue weighted by molar-refractivity contribution is 7.47. The summed E-state index contributed by atoms with van der Waals surface area (Å²) in [7, 11) is 1.66. The van der Waals surface area contributed by atoms with E-state index >= 15 is 0 Å². The Morgan fingerprint density at radius 2 is 1.39 bits per heavy atom. The lowest BCUT2D eigenvalue weighted by molar-refractivity contribution is -0.870. The molecule has 2 unspecified atom stereocenters. The standard InChI is InChI=1S/C24H50NO7P/c1-6-8-10-12-14-16-19-29-21-23(32-24(26)17-15-13-11-9-7-2)22-31-33(27,28)30-20-18-25(3,4)5/h23H,6-22H2,1-5H3/p+1. The molecule has 33 heavy (non-hydrogen) atoms. The molecule has 0 aromatic heterocycles. The zero-order valence-electron chi connectivity index (χ0n) is 21.9. The van der Waals surface area contributed by atoms with Gasteiger partial charge in [-0.2, -0.15) is 0 Å². The minimum atomic E-state index is -4.23. The van der Waals surface area contributed by atoms with Gasteiger partial charge in [0.25, 0.3) is 0 Å². The van der Waals surface area contributed by atoms with Crippen LogP contribution >= 0.6 is 7.82 Å². The summed E-state index contributed by atoms with van der Waals surface area (Å²) in [5.74, 6) is -0.331. The van der Waals surface area contributed by atoms with Crippen LogP contribution < -0.4 is 0 Å². The number of esters is 1. The predicted molar refractivity (Wildman–Crippen MR) is 132 cm³/mol. The Morgan fingerprint density at radius 1 is 0.818 bits per heavy atom. The number of nitrogens with zero attached hydrogens (tertiary/aromatic N) is 1. The van der Waals surface area contributed by atoms with E-state index < -0.39 is 13.9 Å². The monoisotopic (exact) mass is 496 g/mol. The van der Waals surface area contributed by atoms with Gasteiger partial charge in [-0.3, -0.25) is 13.8 Å². The number of rotatable bonds is 23. The van der Waals surface area contributed by atoms with E-state index in [4.69, 9.17) is 18.5 Å². The van der Waals surface area contributed by atoms with Crippen molar-refractivity contribution in [1.82, 2.24) is 0 Å². The molecule has 1 N–H and O–H groups in total. The van der Waals surface area contributed by atoms with E-state index in [1.807, 2.05) is 21.1 Å². The highest BCUT2D eigenvalue weighted by Crippen LogP contribution is 2.43. The van der Waals surface area contributed by atoms with Gasteiger partial charge in [0.15, 0.2) is 0 Å². The van der Waals surface area contributed by atoms with Crippen molar-refractivity contribution in [3.8, 4) is 0 Å². The predicted octanol–water partition coefficient (Wildman–Crippen LogP) is 5.48. The largest absolute Gasteiger partial charge is 0.472 e. The average molecular weight is 497 g/mol. The fourth-order valence-electron chi connectivity index (χ4n) is 3.08. The highest BCUT2D eigenvalue weighted by atomic mass is 31.2. The SMILES string of the molecule is CCCCCCCCOCC(COP(=O)(O)OCC[N+](C)(C)C)OC(=O)CCCCCCC. The molecule has 0 aliphatic heterocycles. The van der Waals surface area contributed by atoms with Crippen molar-refractivity contribution in [1.29, 1.82) is 0 Å². The minimum absolute atomic E-state index is 0.0913. The smallest absolute Gasteiger partial charge is 0.457 e. The number of ether oxygens (including phenoxy) is 2. The van der Waals surface area contributed by atoms with Gasteiger partial charge in [-0.05, 0) is 12.8 Å². The third-order valence-corrected chi connectivity index (χ3v) is 6.15. The zero-order valence-corrected chi connectivity index (χ0v) is 22.8. The van der Waals surface area contributed by atoms with Crippen LogP contribution in [0.5, 0.6) is 0 Å². The van der Waals surface area contributed by atoms with Gasteiger partial charge in [0.05, 0.1) is 34.4 Å². The van der Waals surface area contributed by atoms with Crippen LogP contribution in [0.25, 0.3) is 0 Å². The van der Waals surface area contributed by atoms with Gasteiger partial charge in [0.1, 0.15) is 19.3 Å². The van der Waals surface area contributed by atoms with Gasteiger partial charge in [-0.1, -0.05) is 71.6 Å². The third kappa shape index (κ3) is 23.0. The number of unbranched alkanes of at least 4 members (excludes halogenated alkanes) is 9. The van der Waals surface area contributed by atoms with Gasteiger partial charge < -0.3 is 18.9 Å². The quantitative estimate of drug-likeness (QED) is 0.0867. The fourth-order valence-corrected chi connectivity index (χ4v) is 3.82. The molecule has 0 heterocycles. The fraction of sp³-hybridized carbons (Fsp3) is 0.958. The summed E-state index contributed by atoms with van der Waals surface area (Å²) in [6, 6.07) is 0. The second kappa shape index (κ2) is 19.8. The molecule has 0 bridgehead atoms. The molecule has 0 aliphatic rings. The Kier molecular flexibility index (Phi) is 19.5. The van der Waals surface area contributed by atoms with Crippen LogP contribution in [-0.2, 0) is 27.9 Å². The lowest BCUT2D eigenvalue weighted by Gasteiger charge is -2.24. The van der Waals surface area contributed by atoms with Crippen LogP contribution in [0.1, 0.15) is 90.9 Å². The Hall–Kier alpha value is -0.500. The Morgan fingerprint density at radius 3 is 2.00 bits per heavy atom. The van der Waals surface area contributed by atoms with Crippen LogP contribution in [0.3, 0.4) is 0 Å². The number of phosphoric ester groups is 1. The minimum Gasteiger partial charge on any atom is -0.457 e. The first kappa shape index (κ1) is 32.5. The second-order valence-corrected chi connectivity index (χ2v) is 11.2. The summed E-state index contributed by atoms with van der Waals surface area (Å²) in [6.45, 7) is 5.45. The first-order valence-corrected chi connectivity index (χ1v) is 14.3. The normalized spacial score (nSPS) is 14.7. The number of carbonyl (C=O) groups is 1. The van der Waals surface area contributed by atoms with Gasteiger partial charge in [0.2, 0.25) is 0 Å².